The van der Waals surface area contributed by atoms with Crippen LogP contribution in [-0.2, 0) is 14.8 Å². The summed E-state index contributed by atoms with van der Waals surface area (Å²) in [5.74, 6) is -0.522. The molecule has 2 N–H and O–H groups in total. The minimum atomic E-state index is -3.68. The van der Waals surface area contributed by atoms with E-state index in [1.54, 1.807) is 0 Å². The van der Waals surface area contributed by atoms with E-state index in [1.165, 1.54) is 31.4 Å². The van der Waals surface area contributed by atoms with Crippen LogP contribution in [0.3, 0.4) is 0 Å². The molecule has 0 spiro atoms. The molecule has 0 bridgehead atoms. The van der Waals surface area contributed by atoms with Crippen LogP contribution in [0.15, 0.2) is 29.2 Å². The third-order valence-corrected chi connectivity index (χ3v) is 4.69. The van der Waals surface area contributed by atoms with Gasteiger partial charge in [-0.1, -0.05) is 0 Å². The first-order chi connectivity index (χ1) is 8.92. The standard InChI is InChI=1S/C12H15NO5S/c1-18-11(15)9-2-4-10(5-3-9)19(16,17)13-12(8-14)6-7-12/h2-5,13-14H,6-8H2,1H3. The molecule has 104 valence electrons. The van der Waals surface area contributed by atoms with E-state index in [2.05, 4.69) is 9.46 Å². The molecular formula is C12H15NO5S. The summed E-state index contributed by atoms with van der Waals surface area (Å²) < 4.78 is 31.1. The van der Waals surface area contributed by atoms with E-state index in [0.717, 1.165) is 0 Å². The second-order valence-corrected chi connectivity index (χ2v) is 6.24. The van der Waals surface area contributed by atoms with Crippen molar-refractivity contribution in [1.29, 1.82) is 0 Å². The lowest BCUT2D eigenvalue weighted by molar-refractivity contribution is 0.0600. The molecule has 19 heavy (non-hydrogen) atoms. The number of carbonyl (C=O) groups is 1. The lowest BCUT2D eigenvalue weighted by Crippen LogP contribution is -2.39. The van der Waals surface area contributed by atoms with Crippen molar-refractivity contribution in [3.05, 3.63) is 29.8 Å². The van der Waals surface area contributed by atoms with Crippen molar-refractivity contribution in [3.63, 3.8) is 0 Å². The summed E-state index contributed by atoms with van der Waals surface area (Å²) in [5, 5.41) is 9.13. The number of esters is 1. The van der Waals surface area contributed by atoms with E-state index in [9.17, 15) is 13.2 Å². The number of hydrogen-bond donors (Lipinski definition) is 2. The molecule has 0 aliphatic heterocycles. The van der Waals surface area contributed by atoms with Crippen molar-refractivity contribution >= 4 is 16.0 Å². The molecule has 1 aliphatic rings. The number of nitrogens with one attached hydrogen (secondary N) is 1. The average molecular weight is 285 g/mol. The highest BCUT2D eigenvalue weighted by molar-refractivity contribution is 7.89. The van der Waals surface area contributed by atoms with Gasteiger partial charge in [-0.2, -0.15) is 0 Å². The van der Waals surface area contributed by atoms with Crippen molar-refractivity contribution in [3.8, 4) is 0 Å². The molecule has 0 saturated heterocycles. The van der Waals surface area contributed by atoms with Gasteiger partial charge in [0.2, 0.25) is 10.0 Å². The molecule has 0 radical (unpaired) electrons. The topological polar surface area (TPSA) is 92.7 Å². The maximum atomic E-state index is 12.1. The van der Waals surface area contributed by atoms with E-state index in [-0.39, 0.29) is 17.1 Å². The first kappa shape index (κ1) is 14.0. The Balaban J connectivity index is 2.19. The smallest absolute Gasteiger partial charge is 0.337 e. The van der Waals surface area contributed by atoms with Crippen LogP contribution in [0.4, 0.5) is 0 Å². The van der Waals surface area contributed by atoms with Gasteiger partial charge in [0.05, 0.1) is 29.7 Å². The van der Waals surface area contributed by atoms with Crippen LogP contribution in [0, 0.1) is 0 Å². The second kappa shape index (κ2) is 4.92. The Hall–Kier alpha value is -1.44. The van der Waals surface area contributed by atoms with Crippen LogP contribution in [0.1, 0.15) is 23.2 Å². The lowest BCUT2D eigenvalue weighted by Gasteiger charge is -2.14. The van der Waals surface area contributed by atoms with Crippen molar-refractivity contribution in [1.82, 2.24) is 4.72 Å². The minimum Gasteiger partial charge on any atom is -0.465 e. The Morgan fingerprint density at radius 3 is 2.37 bits per heavy atom. The molecule has 1 saturated carbocycles. The Bertz CT molecular complexity index is 575. The van der Waals surface area contributed by atoms with Crippen molar-refractivity contribution in [2.75, 3.05) is 13.7 Å². The van der Waals surface area contributed by atoms with Crippen LogP contribution in [0.5, 0.6) is 0 Å². The summed E-state index contributed by atoms with van der Waals surface area (Å²) in [4.78, 5) is 11.3. The maximum absolute atomic E-state index is 12.1. The first-order valence-corrected chi connectivity index (χ1v) is 7.24. The van der Waals surface area contributed by atoms with Crippen LogP contribution < -0.4 is 4.72 Å². The van der Waals surface area contributed by atoms with Gasteiger partial charge >= 0.3 is 5.97 Å². The molecule has 1 aromatic carbocycles. The molecule has 1 aliphatic carbocycles. The molecule has 1 aromatic rings. The molecule has 7 heteroatoms. The molecule has 0 amide bonds. The van der Waals surface area contributed by atoms with E-state index in [4.69, 9.17) is 5.11 Å². The van der Waals surface area contributed by atoms with Gasteiger partial charge in [0, 0.05) is 0 Å². The van der Waals surface area contributed by atoms with Crippen LogP contribution in [0.25, 0.3) is 0 Å². The van der Waals surface area contributed by atoms with Gasteiger partial charge in [-0.3, -0.25) is 0 Å². The highest BCUT2D eigenvalue weighted by Gasteiger charge is 2.45. The normalized spacial score (nSPS) is 16.9. The van der Waals surface area contributed by atoms with Gasteiger partial charge in [0.15, 0.2) is 0 Å². The number of aliphatic hydroxyl groups is 1. The summed E-state index contributed by atoms with van der Waals surface area (Å²) in [6, 6.07) is 5.45. The number of benzene rings is 1. The summed E-state index contributed by atoms with van der Waals surface area (Å²) in [7, 11) is -2.42. The zero-order valence-electron chi connectivity index (χ0n) is 10.4. The van der Waals surface area contributed by atoms with Gasteiger partial charge in [-0.05, 0) is 37.1 Å². The fourth-order valence-electron chi connectivity index (χ4n) is 1.68. The number of rotatable bonds is 5. The SMILES string of the molecule is COC(=O)c1ccc(S(=O)(=O)NC2(CO)CC2)cc1. The Morgan fingerprint density at radius 1 is 1.37 bits per heavy atom. The van der Waals surface area contributed by atoms with E-state index < -0.39 is 21.5 Å². The third-order valence-electron chi connectivity index (χ3n) is 3.09. The van der Waals surface area contributed by atoms with E-state index >= 15 is 0 Å². The Kier molecular flexibility index (Phi) is 3.62. The number of ether oxygens (including phenoxy) is 1. The predicted molar refractivity (Wildman–Crippen MR) is 67.2 cm³/mol. The average Bonchev–Trinajstić information content (AvgIpc) is 3.17. The summed E-state index contributed by atoms with van der Waals surface area (Å²) in [6.45, 7) is -0.216. The van der Waals surface area contributed by atoms with Gasteiger partial charge in [0.1, 0.15) is 0 Å². The van der Waals surface area contributed by atoms with Crippen molar-refractivity contribution in [2.24, 2.45) is 0 Å². The molecule has 0 heterocycles. The fourth-order valence-corrected chi connectivity index (χ4v) is 3.13. The number of hydrogen-bond acceptors (Lipinski definition) is 5. The van der Waals surface area contributed by atoms with Crippen molar-refractivity contribution < 1.29 is 23.1 Å². The zero-order chi connectivity index (χ0) is 14.1. The van der Waals surface area contributed by atoms with Crippen LogP contribution in [0.2, 0.25) is 0 Å². The second-order valence-electron chi connectivity index (χ2n) is 4.56. The molecule has 1 fully saturated rings. The Morgan fingerprint density at radius 2 is 1.95 bits per heavy atom. The summed E-state index contributed by atoms with van der Waals surface area (Å²) in [6.07, 6.45) is 1.26. The van der Waals surface area contributed by atoms with E-state index in [0.29, 0.717) is 12.8 Å². The number of carbonyl (C=O) groups excluding carboxylic acids is 1. The maximum Gasteiger partial charge on any atom is 0.337 e. The lowest BCUT2D eigenvalue weighted by atomic mass is 10.2. The quantitative estimate of drug-likeness (QED) is 0.758. The summed E-state index contributed by atoms with van der Waals surface area (Å²) >= 11 is 0. The highest BCUT2D eigenvalue weighted by atomic mass is 32.2. The molecule has 0 atom stereocenters. The van der Waals surface area contributed by atoms with Gasteiger partial charge in [-0.25, -0.2) is 17.9 Å². The van der Waals surface area contributed by atoms with Crippen molar-refractivity contribution in [2.45, 2.75) is 23.3 Å². The van der Waals surface area contributed by atoms with Gasteiger partial charge in [0.25, 0.3) is 0 Å². The molecule has 2 rings (SSSR count). The zero-order valence-corrected chi connectivity index (χ0v) is 11.2. The highest BCUT2D eigenvalue weighted by Crippen LogP contribution is 2.36. The first-order valence-electron chi connectivity index (χ1n) is 5.76. The third kappa shape index (κ3) is 2.94. The fraction of sp³-hybridized carbons (Fsp3) is 0.417. The van der Waals surface area contributed by atoms with E-state index in [1.807, 2.05) is 0 Å². The minimum absolute atomic E-state index is 0.0554. The molecule has 0 unspecified atom stereocenters. The van der Waals surface area contributed by atoms with Crippen LogP contribution >= 0.6 is 0 Å². The predicted octanol–water partition coefficient (Wildman–Crippen LogP) is 0.276. The molecular weight excluding hydrogens is 270 g/mol. The Labute approximate surface area is 111 Å². The monoisotopic (exact) mass is 285 g/mol. The van der Waals surface area contributed by atoms with Gasteiger partial charge in [-0.15, -0.1) is 0 Å². The molecule has 0 aromatic heterocycles. The van der Waals surface area contributed by atoms with Gasteiger partial charge < -0.3 is 9.84 Å². The summed E-state index contributed by atoms with van der Waals surface area (Å²) in [5.41, 5.74) is -0.426. The largest absolute Gasteiger partial charge is 0.465 e. The molecule has 6 nitrogen and oxygen atoms in total. The number of methoxy groups -OCH3 is 1. The number of aliphatic hydroxyl groups excluding tert-OH is 1. The van der Waals surface area contributed by atoms with Crippen LogP contribution in [-0.4, -0.2) is 38.7 Å². The number of sulfonamides is 1.